The Morgan fingerprint density at radius 2 is 2.00 bits per heavy atom. The SMILES string of the molecule is CCC(C)C1(c2c(C)cc(C)cc2F)CCN(c2nc3c(c(=O)[nH]2)CCCN3)CC1. The average Bonchev–Trinajstić information content (AvgIpc) is 2.72. The predicted molar refractivity (Wildman–Crippen MR) is 120 cm³/mol. The van der Waals surface area contributed by atoms with Crippen molar-refractivity contribution in [3.63, 3.8) is 0 Å². The van der Waals surface area contributed by atoms with E-state index in [0.717, 1.165) is 79.8 Å². The van der Waals surface area contributed by atoms with Gasteiger partial charge in [0.15, 0.2) is 0 Å². The Labute approximate surface area is 178 Å². The van der Waals surface area contributed by atoms with Crippen LogP contribution in [0.1, 0.15) is 61.8 Å². The van der Waals surface area contributed by atoms with E-state index in [-0.39, 0.29) is 16.8 Å². The molecule has 3 heterocycles. The lowest BCUT2D eigenvalue weighted by molar-refractivity contribution is 0.213. The smallest absolute Gasteiger partial charge is 0.257 e. The summed E-state index contributed by atoms with van der Waals surface area (Å²) in [6, 6.07) is 3.77. The van der Waals surface area contributed by atoms with Gasteiger partial charge in [0.2, 0.25) is 5.95 Å². The Morgan fingerprint density at radius 1 is 1.27 bits per heavy atom. The number of aryl methyl sites for hydroxylation is 2. The number of hydrogen-bond donors (Lipinski definition) is 2. The summed E-state index contributed by atoms with van der Waals surface area (Å²) in [5.41, 5.74) is 3.42. The van der Waals surface area contributed by atoms with E-state index < -0.39 is 0 Å². The fraction of sp³-hybridized carbons (Fsp3) is 0.583. The van der Waals surface area contributed by atoms with Crippen molar-refractivity contribution < 1.29 is 4.39 Å². The number of aromatic nitrogens is 2. The molecule has 162 valence electrons. The molecular weight excluding hydrogens is 379 g/mol. The van der Waals surface area contributed by atoms with Gasteiger partial charge in [-0.3, -0.25) is 9.78 Å². The second-order valence-corrected chi connectivity index (χ2v) is 9.14. The van der Waals surface area contributed by atoms with E-state index in [1.54, 1.807) is 6.07 Å². The zero-order valence-electron chi connectivity index (χ0n) is 18.6. The number of nitrogens with one attached hydrogen (secondary N) is 2. The van der Waals surface area contributed by atoms with Crippen LogP contribution in [0.2, 0.25) is 0 Å². The number of aromatic amines is 1. The van der Waals surface area contributed by atoms with Crippen LogP contribution in [0.5, 0.6) is 0 Å². The van der Waals surface area contributed by atoms with Gasteiger partial charge in [0, 0.05) is 25.0 Å². The summed E-state index contributed by atoms with van der Waals surface area (Å²) in [4.78, 5) is 22.4. The van der Waals surface area contributed by atoms with Crippen LogP contribution in [0.3, 0.4) is 0 Å². The van der Waals surface area contributed by atoms with Gasteiger partial charge in [0.1, 0.15) is 11.6 Å². The molecule has 30 heavy (non-hydrogen) atoms. The monoisotopic (exact) mass is 412 g/mol. The van der Waals surface area contributed by atoms with Gasteiger partial charge in [-0.05, 0) is 68.2 Å². The van der Waals surface area contributed by atoms with Crippen LogP contribution in [0.25, 0.3) is 0 Å². The van der Waals surface area contributed by atoms with E-state index in [9.17, 15) is 4.79 Å². The number of fused-ring (bicyclic) bond motifs is 1. The first-order chi connectivity index (χ1) is 14.4. The number of halogens is 1. The molecular formula is C24H33FN4O. The van der Waals surface area contributed by atoms with Crippen molar-refractivity contribution in [3.8, 4) is 0 Å². The van der Waals surface area contributed by atoms with Gasteiger partial charge in [0.25, 0.3) is 5.56 Å². The molecule has 6 heteroatoms. The van der Waals surface area contributed by atoms with Gasteiger partial charge in [-0.15, -0.1) is 0 Å². The first-order valence-electron chi connectivity index (χ1n) is 11.2. The van der Waals surface area contributed by atoms with Gasteiger partial charge in [-0.1, -0.05) is 26.3 Å². The first-order valence-corrected chi connectivity index (χ1v) is 11.2. The average molecular weight is 413 g/mol. The minimum atomic E-state index is -0.195. The number of hydrogen-bond acceptors (Lipinski definition) is 4. The Morgan fingerprint density at radius 3 is 2.67 bits per heavy atom. The highest BCUT2D eigenvalue weighted by molar-refractivity contribution is 5.50. The highest BCUT2D eigenvalue weighted by Crippen LogP contribution is 2.46. The number of anilines is 2. The summed E-state index contributed by atoms with van der Waals surface area (Å²) < 4.78 is 15.2. The maximum Gasteiger partial charge on any atom is 0.257 e. The van der Waals surface area contributed by atoms with Gasteiger partial charge in [-0.25, -0.2) is 4.39 Å². The summed E-state index contributed by atoms with van der Waals surface area (Å²) in [5.74, 6) is 1.64. The van der Waals surface area contributed by atoms with Gasteiger partial charge >= 0.3 is 0 Å². The largest absolute Gasteiger partial charge is 0.370 e. The lowest BCUT2D eigenvalue weighted by Gasteiger charge is -2.47. The van der Waals surface area contributed by atoms with Crippen molar-refractivity contribution in [1.29, 1.82) is 0 Å². The van der Waals surface area contributed by atoms with Crippen molar-refractivity contribution in [2.24, 2.45) is 5.92 Å². The van der Waals surface area contributed by atoms with Crippen LogP contribution in [-0.4, -0.2) is 29.6 Å². The molecule has 0 saturated carbocycles. The molecule has 1 aromatic carbocycles. The molecule has 5 nitrogen and oxygen atoms in total. The van der Waals surface area contributed by atoms with E-state index in [0.29, 0.717) is 11.9 Å². The molecule has 1 aromatic heterocycles. The van der Waals surface area contributed by atoms with Crippen LogP contribution >= 0.6 is 0 Å². The minimum absolute atomic E-state index is 0.0404. The third kappa shape index (κ3) is 3.50. The summed E-state index contributed by atoms with van der Waals surface area (Å²) >= 11 is 0. The second-order valence-electron chi connectivity index (χ2n) is 9.14. The van der Waals surface area contributed by atoms with Crippen LogP contribution in [0.15, 0.2) is 16.9 Å². The standard InChI is InChI=1S/C24H33FN4O/c1-5-17(4)24(20-16(3)13-15(2)14-19(20)25)8-11-29(12-9-24)23-27-21-18(22(30)28-23)7-6-10-26-21/h13-14,17H,5-12H2,1-4H3,(H2,26,27,28,30). The van der Waals surface area contributed by atoms with Crippen LogP contribution < -0.4 is 15.8 Å². The molecule has 2 aromatic rings. The molecule has 2 N–H and O–H groups in total. The third-order valence-corrected chi connectivity index (χ3v) is 7.34. The topological polar surface area (TPSA) is 61.0 Å². The van der Waals surface area contributed by atoms with Crippen molar-refractivity contribution in [1.82, 2.24) is 9.97 Å². The lowest BCUT2D eigenvalue weighted by Crippen LogP contribution is -2.48. The molecule has 1 saturated heterocycles. The zero-order valence-corrected chi connectivity index (χ0v) is 18.6. The number of H-pyrrole nitrogens is 1. The van der Waals surface area contributed by atoms with Crippen molar-refractivity contribution >= 4 is 11.8 Å². The van der Waals surface area contributed by atoms with Gasteiger partial charge in [0.05, 0.1) is 5.56 Å². The molecule has 0 amide bonds. The van der Waals surface area contributed by atoms with E-state index >= 15 is 4.39 Å². The maximum atomic E-state index is 15.2. The number of benzene rings is 1. The second kappa shape index (κ2) is 8.05. The van der Waals surface area contributed by atoms with E-state index in [4.69, 9.17) is 4.98 Å². The van der Waals surface area contributed by atoms with Crippen LogP contribution in [0.4, 0.5) is 16.2 Å². The summed E-state index contributed by atoms with van der Waals surface area (Å²) in [7, 11) is 0. The fourth-order valence-electron chi connectivity index (χ4n) is 5.53. The lowest BCUT2D eigenvalue weighted by atomic mass is 9.63. The Balaban J connectivity index is 1.65. The first kappa shape index (κ1) is 20.9. The van der Waals surface area contributed by atoms with Crippen molar-refractivity contribution in [3.05, 3.63) is 50.6 Å². The molecule has 0 aliphatic carbocycles. The zero-order chi connectivity index (χ0) is 21.5. The number of rotatable bonds is 4. The molecule has 2 aliphatic rings. The number of nitrogens with zero attached hydrogens (tertiary/aromatic N) is 2. The Hall–Kier alpha value is -2.37. The van der Waals surface area contributed by atoms with Gasteiger partial charge in [-0.2, -0.15) is 4.98 Å². The molecule has 0 bridgehead atoms. The van der Waals surface area contributed by atoms with Crippen LogP contribution in [-0.2, 0) is 11.8 Å². The van der Waals surface area contributed by atoms with E-state index in [1.165, 1.54) is 0 Å². The Kier molecular flexibility index (Phi) is 5.60. The molecule has 0 spiro atoms. The van der Waals surface area contributed by atoms with E-state index in [1.807, 2.05) is 13.8 Å². The highest BCUT2D eigenvalue weighted by Gasteiger charge is 2.43. The van der Waals surface area contributed by atoms with Crippen molar-refractivity contribution in [2.45, 2.75) is 65.2 Å². The normalized spacial score (nSPS) is 19.2. The summed E-state index contributed by atoms with van der Waals surface area (Å²) in [6.07, 6.45) is 4.42. The minimum Gasteiger partial charge on any atom is -0.370 e. The molecule has 2 aliphatic heterocycles. The van der Waals surface area contributed by atoms with Crippen LogP contribution in [0, 0.1) is 25.6 Å². The van der Waals surface area contributed by atoms with Gasteiger partial charge < -0.3 is 10.2 Å². The third-order valence-electron chi connectivity index (χ3n) is 7.34. The summed E-state index contributed by atoms with van der Waals surface area (Å²) in [5, 5.41) is 3.27. The Bertz CT molecular complexity index is 968. The quantitative estimate of drug-likeness (QED) is 0.778. The number of piperidine rings is 1. The summed E-state index contributed by atoms with van der Waals surface area (Å²) in [6.45, 7) is 10.8. The molecule has 1 fully saturated rings. The molecule has 1 unspecified atom stereocenters. The molecule has 1 atom stereocenters. The van der Waals surface area contributed by atoms with E-state index in [2.05, 4.69) is 35.1 Å². The molecule has 4 rings (SSSR count). The van der Waals surface area contributed by atoms with Crippen molar-refractivity contribution in [2.75, 3.05) is 29.9 Å². The fourth-order valence-corrected chi connectivity index (χ4v) is 5.53. The maximum absolute atomic E-state index is 15.2. The molecule has 0 radical (unpaired) electrons. The predicted octanol–water partition coefficient (Wildman–Crippen LogP) is 4.47. The highest BCUT2D eigenvalue weighted by atomic mass is 19.1.